The first-order chi connectivity index (χ1) is 8.07. The van der Waals surface area contributed by atoms with Crippen LogP contribution < -0.4 is 5.32 Å². The van der Waals surface area contributed by atoms with Crippen LogP contribution in [0.4, 0.5) is 0 Å². The number of unbranched alkanes of at least 4 members (excludes halogenated alkanes) is 2. The van der Waals surface area contributed by atoms with Gasteiger partial charge in [-0.1, -0.05) is 26.7 Å². The number of piperidine rings is 1. The van der Waals surface area contributed by atoms with Gasteiger partial charge in [-0.25, -0.2) is 0 Å². The van der Waals surface area contributed by atoms with Crippen molar-refractivity contribution in [1.82, 2.24) is 10.2 Å². The summed E-state index contributed by atoms with van der Waals surface area (Å²) in [6.07, 6.45) is 6.79. The van der Waals surface area contributed by atoms with E-state index in [-0.39, 0.29) is 0 Å². The Bertz CT molecular complexity index is 195. The van der Waals surface area contributed by atoms with E-state index in [4.69, 9.17) is 0 Å². The fraction of sp³-hybridized carbons (Fsp3) is 1.00. The van der Waals surface area contributed by atoms with Gasteiger partial charge in [-0.2, -0.15) is 0 Å². The van der Waals surface area contributed by atoms with Crippen LogP contribution in [0.2, 0.25) is 0 Å². The van der Waals surface area contributed by atoms with Crippen LogP contribution in [0.3, 0.4) is 0 Å². The predicted octanol–water partition coefficient (Wildman–Crippen LogP) is 3.28. The maximum atomic E-state index is 3.56. The van der Waals surface area contributed by atoms with Crippen LogP contribution in [-0.4, -0.2) is 37.1 Å². The second kappa shape index (κ2) is 7.38. The lowest BCUT2D eigenvalue weighted by atomic mass is 9.82. The molecule has 1 aliphatic heterocycles. The second-order valence-electron chi connectivity index (χ2n) is 6.36. The molecule has 102 valence electrons. The van der Waals surface area contributed by atoms with Gasteiger partial charge in [0.25, 0.3) is 0 Å². The van der Waals surface area contributed by atoms with Gasteiger partial charge in [0.2, 0.25) is 0 Å². The smallest absolute Gasteiger partial charge is 0.00502 e. The summed E-state index contributed by atoms with van der Waals surface area (Å²) in [5.74, 6) is 0. The molecule has 1 N–H and O–H groups in total. The second-order valence-corrected chi connectivity index (χ2v) is 6.36. The third kappa shape index (κ3) is 5.39. The van der Waals surface area contributed by atoms with Crippen molar-refractivity contribution < 1.29 is 0 Å². The molecule has 2 nitrogen and oxygen atoms in total. The van der Waals surface area contributed by atoms with Crippen LogP contribution in [0.5, 0.6) is 0 Å². The number of hydrogen-bond donors (Lipinski definition) is 1. The molecular formula is C15H32N2. The Kier molecular flexibility index (Phi) is 6.50. The minimum atomic E-state index is 0.495. The molecule has 1 rings (SSSR count). The number of rotatable bonds is 7. The zero-order chi connectivity index (χ0) is 12.7. The maximum Gasteiger partial charge on any atom is 0.00502 e. The lowest BCUT2D eigenvalue weighted by Crippen LogP contribution is -2.47. The van der Waals surface area contributed by atoms with Gasteiger partial charge >= 0.3 is 0 Å². The van der Waals surface area contributed by atoms with Crippen molar-refractivity contribution in [2.45, 2.75) is 65.8 Å². The SMILES string of the molecule is CCCCCN(CC1(C)CCCNC1)C(C)C. The average molecular weight is 240 g/mol. The number of nitrogens with one attached hydrogen (secondary N) is 1. The van der Waals surface area contributed by atoms with Crippen molar-refractivity contribution in [2.24, 2.45) is 5.41 Å². The summed E-state index contributed by atoms with van der Waals surface area (Å²) in [5, 5.41) is 3.56. The highest BCUT2D eigenvalue weighted by atomic mass is 15.2. The standard InChI is InChI=1S/C15H32N2/c1-5-6-7-11-17(14(2)3)13-15(4)9-8-10-16-12-15/h14,16H,5-13H2,1-4H3. The Balaban J connectivity index is 2.41. The monoisotopic (exact) mass is 240 g/mol. The maximum absolute atomic E-state index is 3.56. The van der Waals surface area contributed by atoms with Crippen molar-refractivity contribution in [1.29, 1.82) is 0 Å². The minimum Gasteiger partial charge on any atom is -0.316 e. The fourth-order valence-corrected chi connectivity index (χ4v) is 2.83. The van der Waals surface area contributed by atoms with Crippen molar-refractivity contribution in [2.75, 3.05) is 26.2 Å². The zero-order valence-electron chi connectivity index (χ0n) is 12.4. The summed E-state index contributed by atoms with van der Waals surface area (Å²) in [5.41, 5.74) is 0.495. The minimum absolute atomic E-state index is 0.495. The van der Waals surface area contributed by atoms with Crippen molar-refractivity contribution in [3.8, 4) is 0 Å². The summed E-state index contributed by atoms with van der Waals surface area (Å²) in [6.45, 7) is 14.4. The number of hydrogen-bond acceptors (Lipinski definition) is 2. The first-order valence-electron chi connectivity index (χ1n) is 7.52. The largest absolute Gasteiger partial charge is 0.316 e. The van der Waals surface area contributed by atoms with Gasteiger partial charge in [0.1, 0.15) is 0 Å². The summed E-state index contributed by atoms with van der Waals surface area (Å²) in [6, 6.07) is 0.686. The lowest BCUT2D eigenvalue weighted by molar-refractivity contribution is 0.108. The molecule has 0 aromatic heterocycles. The third-order valence-electron chi connectivity index (χ3n) is 4.05. The predicted molar refractivity (Wildman–Crippen MR) is 76.4 cm³/mol. The van der Waals surface area contributed by atoms with E-state index >= 15 is 0 Å². The first kappa shape index (κ1) is 15.0. The van der Waals surface area contributed by atoms with Gasteiger partial charge in [0.05, 0.1) is 0 Å². The molecule has 1 atom stereocenters. The van der Waals surface area contributed by atoms with Gasteiger partial charge in [-0.15, -0.1) is 0 Å². The van der Waals surface area contributed by atoms with E-state index in [2.05, 4.69) is 37.9 Å². The van der Waals surface area contributed by atoms with Gasteiger partial charge in [0, 0.05) is 19.1 Å². The van der Waals surface area contributed by atoms with Crippen molar-refractivity contribution >= 4 is 0 Å². The molecule has 1 aliphatic rings. The average Bonchev–Trinajstić information content (AvgIpc) is 2.28. The van der Waals surface area contributed by atoms with E-state index in [0.717, 1.165) is 0 Å². The fourth-order valence-electron chi connectivity index (χ4n) is 2.83. The topological polar surface area (TPSA) is 15.3 Å². The van der Waals surface area contributed by atoms with Gasteiger partial charge < -0.3 is 10.2 Å². The van der Waals surface area contributed by atoms with Crippen LogP contribution in [0.15, 0.2) is 0 Å². The van der Waals surface area contributed by atoms with E-state index < -0.39 is 0 Å². The Morgan fingerprint density at radius 2 is 2.06 bits per heavy atom. The Hall–Kier alpha value is -0.0800. The van der Waals surface area contributed by atoms with E-state index in [1.165, 1.54) is 58.3 Å². The molecule has 17 heavy (non-hydrogen) atoms. The summed E-state index contributed by atoms with van der Waals surface area (Å²) >= 11 is 0. The van der Waals surface area contributed by atoms with Crippen molar-refractivity contribution in [3.05, 3.63) is 0 Å². The summed E-state index contributed by atoms with van der Waals surface area (Å²) < 4.78 is 0. The van der Waals surface area contributed by atoms with Crippen LogP contribution in [-0.2, 0) is 0 Å². The molecule has 1 unspecified atom stereocenters. The van der Waals surface area contributed by atoms with Gasteiger partial charge in [-0.3, -0.25) is 0 Å². The quantitative estimate of drug-likeness (QED) is 0.687. The normalized spacial score (nSPS) is 25.8. The molecule has 0 saturated carbocycles. The molecular weight excluding hydrogens is 208 g/mol. The van der Waals surface area contributed by atoms with Crippen LogP contribution in [0, 0.1) is 5.41 Å². The molecule has 0 radical (unpaired) electrons. The molecule has 0 aromatic carbocycles. The Morgan fingerprint density at radius 3 is 2.59 bits per heavy atom. The van der Waals surface area contributed by atoms with Crippen LogP contribution in [0.1, 0.15) is 59.8 Å². The highest BCUT2D eigenvalue weighted by Crippen LogP contribution is 2.27. The molecule has 0 amide bonds. The molecule has 0 bridgehead atoms. The zero-order valence-corrected chi connectivity index (χ0v) is 12.4. The lowest BCUT2D eigenvalue weighted by Gasteiger charge is -2.40. The van der Waals surface area contributed by atoms with Crippen LogP contribution >= 0.6 is 0 Å². The molecule has 0 spiro atoms. The molecule has 1 fully saturated rings. The molecule has 1 heterocycles. The summed E-state index contributed by atoms with van der Waals surface area (Å²) in [7, 11) is 0. The highest BCUT2D eigenvalue weighted by Gasteiger charge is 2.29. The van der Waals surface area contributed by atoms with E-state index in [9.17, 15) is 0 Å². The third-order valence-corrected chi connectivity index (χ3v) is 4.05. The summed E-state index contributed by atoms with van der Waals surface area (Å²) in [4.78, 5) is 2.68. The Labute approximate surface area is 108 Å². The van der Waals surface area contributed by atoms with Gasteiger partial charge in [0.15, 0.2) is 0 Å². The first-order valence-corrected chi connectivity index (χ1v) is 7.52. The van der Waals surface area contributed by atoms with Crippen molar-refractivity contribution in [3.63, 3.8) is 0 Å². The van der Waals surface area contributed by atoms with E-state index in [1.54, 1.807) is 0 Å². The van der Waals surface area contributed by atoms with Gasteiger partial charge in [-0.05, 0) is 51.6 Å². The van der Waals surface area contributed by atoms with E-state index in [1.807, 2.05) is 0 Å². The molecule has 0 aromatic rings. The molecule has 0 aliphatic carbocycles. The number of nitrogens with zero attached hydrogens (tertiary/aromatic N) is 1. The van der Waals surface area contributed by atoms with E-state index in [0.29, 0.717) is 11.5 Å². The van der Waals surface area contributed by atoms with Crippen LogP contribution in [0.25, 0.3) is 0 Å². The molecule has 2 heteroatoms. The Morgan fingerprint density at radius 1 is 1.29 bits per heavy atom. The highest BCUT2D eigenvalue weighted by molar-refractivity contribution is 4.85. The molecule has 1 saturated heterocycles.